The molecule has 1 aromatic rings. The Labute approximate surface area is 167 Å². The molecule has 28 heavy (non-hydrogen) atoms. The first-order valence-corrected chi connectivity index (χ1v) is 9.58. The minimum atomic E-state index is -0.679. The van der Waals surface area contributed by atoms with Crippen LogP contribution in [0.5, 0.6) is 0 Å². The Morgan fingerprint density at radius 1 is 1.21 bits per heavy atom. The molecular weight excluding hydrogens is 386 g/mol. The Balaban J connectivity index is 1.61. The third kappa shape index (κ3) is 4.44. The van der Waals surface area contributed by atoms with Crippen molar-refractivity contribution < 1.29 is 23.9 Å². The zero-order valence-electron chi connectivity index (χ0n) is 15.4. The highest BCUT2D eigenvalue weighted by Gasteiger charge is 2.28. The number of primary amides is 1. The van der Waals surface area contributed by atoms with Gasteiger partial charge in [0.25, 0.3) is 5.91 Å². The molecule has 2 heterocycles. The molecule has 2 aliphatic rings. The summed E-state index contributed by atoms with van der Waals surface area (Å²) in [6.45, 7) is 0.868. The number of halogens is 1. The minimum absolute atomic E-state index is 0.0447. The molecule has 8 nitrogen and oxygen atoms in total. The van der Waals surface area contributed by atoms with Crippen molar-refractivity contribution in [3.05, 3.63) is 28.8 Å². The van der Waals surface area contributed by atoms with E-state index >= 15 is 0 Å². The summed E-state index contributed by atoms with van der Waals surface area (Å²) >= 11 is 6.17. The SMILES string of the molecule is NC(=O)[C@@H]1CCCN(C(=O)COC(=O)c2ccc(Cl)c(N3CCCC3=O)c2)C1. The van der Waals surface area contributed by atoms with Gasteiger partial charge in [-0.3, -0.25) is 14.4 Å². The van der Waals surface area contributed by atoms with Gasteiger partial charge >= 0.3 is 5.97 Å². The second-order valence-electron chi connectivity index (χ2n) is 6.97. The van der Waals surface area contributed by atoms with E-state index in [0.717, 1.165) is 6.42 Å². The maximum Gasteiger partial charge on any atom is 0.338 e. The molecule has 2 fully saturated rings. The van der Waals surface area contributed by atoms with E-state index in [1.165, 1.54) is 23.1 Å². The lowest BCUT2D eigenvalue weighted by atomic mass is 9.97. The number of anilines is 1. The highest BCUT2D eigenvalue weighted by atomic mass is 35.5. The maximum atomic E-state index is 12.4. The highest BCUT2D eigenvalue weighted by molar-refractivity contribution is 6.34. The van der Waals surface area contributed by atoms with Crippen LogP contribution < -0.4 is 10.6 Å². The number of piperidine rings is 1. The standard InChI is InChI=1S/C19H22ClN3O5/c20-14-6-5-12(9-15(14)23-8-2-4-16(23)24)19(27)28-11-17(25)22-7-1-3-13(10-22)18(21)26/h5-6,9,13H,1-4,7-8,10-11H2,(H2,21,26)/t13-/m1/s1. The average Bonchev–Trinajstić information content (AvgIpc) is 3.12. The molecule has 0 bridgehead atoms. The van der Waals surface area contributed by atoms with Crippen LogP contribution in [0.1, 0.15) is 36.0 Å². The number of esters is 1. The van der Waals surface area contributed by atoms with Gasteiger partial charge in [-0.2, -0.15) is 0 Å². The van der Waals surface area contributed by atoms with Crippen molar-refractivity contribution in [2.24, 2.45) is 11.7 Å². The van der Waals surface area contributed by atoms with E-state index in [0.29, 0.717) is 43.1 Å². The largest absolute Gasteiger partial charge is 0.452 e. The summed E-state index contributed by atoms with van der Waals surface area (Å²) < 4.78 is 5.13. The van der Waals surface area contributed by atoms with Crippen molar-refractivity contribution in [2.75, 3.05) is 31.1 Å². The van der Waals surface area contributed by atoms with Crippen molar-refractivity contribution >= 4 is 41.0 Å². The van der Waals surface area contributed by atoms with Gasteiger partial charge in [0.15, 0.2) is 6.61 Å². The Hall–Kier alpha value is -2.61. The molecule has 3 rings (SSSR count). The van der Waals surface area contributed by atoms with Crippen LogP contribution in [0.25, 0.3) is 0 Å². The molecule has 2 aliphatic heterocycles. The van der Waals surface area contributed by atoms with Crippen molar-refractivity contribution in [3.63, 3.8) is 0 Å². The summed E-state index contributed by atoms with van der Waals surface area (Å²) in [5.74, 6) is -1.90. The van der Waals surface area contributed by atoms with E-state index < -0.39 is 18.5 Å². The van der Waals surface area contributed by atoms with E-state index in [-0.39, 0.29) is 29.8 Å². The fraction of sp³-hybridized carbons (Fsp3) is 0.474. The van der Waals surface area contributed by atoms with E-state index in [1.54, 1.807) is 4.90 Å². The number of carbonyl (C=O) groups excluding carboxylic acids is 4. The second kappa shape index (κ2) is 8.60. The maximum absolute atomic E-state index is 12.4. The predicted octanol–water partition coefficient (Wildman–Crippen LogP) is 1.35. The number of carbonyl (C=O) groups is 4. The second-order valence-corrected chi connectivity index (χ2v) is 7.38. The normalized spacial score (nSPS) is 19.6. The van der Waals surface area contributed by atoms with E-state index in [9.17, 15) is 19.2 Å². The number of hydrogen-bond donors (Lipinski definition) is 1. The van der Waals surface area contributed by atoms with Crippen LogP contribution in [0.15, 0.2) is 18.2 Å². The van der Waals surface area contributed by atoms with Crippen molar-refractivity contribution in [1.82, 2.24) is 4.90 Å². The lowest BCUT2D eigenvalue weighted by molar-refractivity contribution is -0.137. The third-order valence-corrected chi connectivity index (χ3v) is 5.37. The number of nitrogens with two attached hydrogens (primary N) is 1. The summed E-state index contributed by atoms with van der Waals surface area (Å²) in [4.78, 5) is 50.9. The Morgan fingerprint density at radius 2 is 2.00 bits per heavy atom. The molecule has 2 saturated heterocycles. The highest BCUT2D eigenvalue weighted by Crippen LogP contribution is 2.30. The first-order valence-electron chi connectivity index (χ1n) is 9.21. The minimum Gasteiger partial charge on any atom is -0.452 e. The van der Waals surface area contributed by atoms with Gasteiger partial charge in [0, 0.05) is 26.1 Å². The Bertz CT molecular complexity index is 813. The number of hydrogen-bond acceptors (Lipinski definition) is 5. The predicted molar refractivity (Wildman–Crippen MR) is 102 cm³/mol. The lowest BCUT2D eigenvalue weighted by Crippen LogP contribution is -2.45. The Kier molecular flexibility index (Phi) is 6.18. The molecule has 0 spiro atoms. The summed E-state index contributed by atoms with van der Waals surface area (Å²) in [5, 5.41) is 0.369. The van der Waals surface area contributed by atoms with E-state index in [2.05, 4.69) is 0 Å². The van der Waals surface area contributed by atoms with Crippen LogP contribution in [0.3, 0.4) is 0 Å². The molecule has 150 valence electrons. The molecule has 1 aromatic carbocycles. The number of amides is 3. The molecule has 1 atom stereocenters. The van der Waals surface area contributed by atoms with Crippen LogP contribution >= 0.6 is 11.6 Å². The monoisotopic (exact) mass is 407 g/mol. The third-order valence-electron chi connectivity index (χ3n) is 5.05. The van der Waals surface area contributed by atoms with Gasteiger partial charge < -0.3 is 20.3 Å². The molecule has 9 heteroatoms. The topological polar surface area (TPSA) is 110 Å². The van der Waals surface area contributed by atoms with Gasteiger partial charge in [-0.1, -0.05) is 11.6 Å². The van der Waals surface area contributed by atoms with Gasteiger partial charge in [0.1, 0.15) is 0 Å². The first-order chi connectivity index (χ1) is 13.4. The van der Waals surface area contributed by atoms with Gasteiger partial charge in [0.05, 0.1) is 22.2 Å². The number of ether oxygens (including phenoxy) is 1. The van der Waals surface area contributed by atoms with Crippen molar-refractivity contribution in [2.45, 2.75) is 25.7 Å². The first kappa shape index (κ1) is 20.1. The summed E-state index contributed by atoms with van der Waals surface area (Å²) in [7, 11) is 0. The van der Waals surface area contributed by atoms with Gasteiger partial charge in [-0.05, 0) is 37.5 Å². The molecule has 0 aromatic heterocycles. The molecule has 3 amide bonds. The fourth-order valence-corrected chi connectivity index (χ4v) is 3.71. The van der Waals surface area contributed by atoms with Crippen LogP contribution in [0.4, 0.5) is 5.69 Å². The zero-order chi connectivity index (χ0) is 20.3. The number of likely N-dealkylation sites (tertiary alicyclic amines) is 1. The molecule has 0 unspecified atom stereocenters. The zero-order valence-corrected chi connectivity index (χ0v) is 16.1. The number of nitrogens with zero attached hydrogens (tertiary/aromatic N) is 2. The number of benzene rings is 1. The van der Waals surface area contributed by atoms with E-state index in [1.807, 2.05) is 0 Å². The van der Waals surface area contributed by atoms with Gasteiger partial charge in [-0.25, -0.2) is 4.79 Å². The van der Waals surface area contributed by atoms with Gasteiger partial charge in [0.2, 0.25) is 11.8 Å². The van der Waals surface area contributed by atoms with Crippen LogP contribution in [-0.2, 0) is 19.1 Å². The fourth-order valence-electron chi connectivity index (χ4n) is 3.49. The van der Waals surface area contributed by atoms with Crippen LogP contribution in [0.2, 0.25) is 5.02 Å². The molecule has 0 saturated carbocycles. The number of rotatable bonds is 5. The van der Waals surface area contributed by atoms with E-state index in [4.69, 9.17) is 22.1 Å². The van der Waals surface area contributed by atoms with Crippen molar-refractivity contribution in [3.8, 4) is 0 Å². The molecule has 0 aliphatic carbocycles. The summed E-state index contributed by atoms with van der Waals surface area (Å²) in [6.07, 6.45) is 2.52. The molecular formula is C19H22ClN3O5. The average molecular weight is 408 g/mol. The Morgan fingerprint density at radius 3 is 2.68 bits per heavy atom. The summed E-state index contributed by atoms with van der Waals surface area (Å²) in [6, 6.07) is 4.52. The molecule has 0 radical (unpaired) electrons. The summed E-state index contributed by atoms with van der Waals surface area (Å²) in [5.41, 5.74) is 5.99. The van der Waals surface area contributed by atoms with Crippen molar-refractivity contribution in [1.29, 1.82) is 0 Å². The lowest BCUT2D eigenvalue weighted by Gasteiger charge is -2.31. The quantitative estimate of drug-likeness (QED) is 0.741. The molecule has 2 N–H and O–H groups in total. The van der Waals surface area contributed by atoms with Crippen LogP contribution in [0, 0.1) is 5.92 Å². The van der Waals surface area contributed by atoms with Gasteiger partial charge in [-0.15, -0.1) is 0 Å². The van der Waals surface area contributed by atoms with Crippen LogP contribution in [-0.4, -0.2) is 54.8 Å². The smallest absolute Gasteiger partial charge is 0.338 e.